The molecule has 0 radical (unpaired) electrons. The van der Waals surface area contributed by atoms with Crippen LogP contribution < -0.4 is 10.6 Å². The fourth-order valence-electron chi connectivity index (χ4n) is 2.96. The van der Waals surface area contributed by atoms with Crippen LogP contribution in [0.3, 0.4) is 0 Å². The van der Waals surface area contributed by atoms with Crippen LogP contribution in [0.5, 0.6) is 0 Å². The predicted octanol–water partition coefficient (Wildman–Crippen LogP) is 4.43. The van der Waals surface area contributed by atoms with Crippen molar-refractivity contribution in [3.8, 4) is 0 Å². The first-order valence-electron chi connectivity index (χ1n) is 9.15. The van der Waals surface area contributed by atoms with Crippen LogP contribution in [0.1, 0.15) is 22.4 Å². The van der Waals surface area contributed by atoms with E-state index in [1.54, 1.807) is 11.3 Å². The number of aromatic nitrogens is 1. The number of fused-ring (bicyclic) bond motifs is 1. The van der Waals surface area contributed by atoms with E-state index in [-0.39, 0.29) is 24.0 Å². The number of hydrogen-bond acceptors (Lipinski definition) is 3. The lowest BCUT2D eigenvalue weighted by molar-refractivity contribution is 0.783. The summed E-state index contributed by atoms with van der Waals surface area (Å²) in [6, 6.07) is 15.0. The van der Waals surface area contributed by atoms with Crippen LogP contribution in [0.4, 0.5) is 0 Å². The predicted molar refractivity (Wildman–Crippen MR) is 128 cm³/mol. The number of benzene rings is 2. The van der Waals surface area contributed by atoms with E-state index in [0.29, 0.717) is 0 Å². The Labute approximate surface area is 182 Å². The number of thiazole rings is 1. The van der Waals surface area contributed by atoms with Gasteiger partial charge in [-0.05, 0) is 29.2 Å². The molecule has 27 heavy (non-hydrogen) atoms. The second-order valence-corrected chi connectivity index (χ2v) is 7.34. The molecule has 4 nitrogen and oxygen atoms in total. The zero-order chi connectivity index (χ0) is 18.2. The van der Waals surface area contributed by atoms with Gasteiger partial charge < -0.3 is 10.6 Å². The van der Waals surface area contributed by atoms with Crippen molar-refractivity contribution in [3.63, 3.8) is 0 Å². The van der Waals surface area contributed by atoms with Crippen LogP contribution in [0, 0.1) is 0 Å². The number of guanidine groups is 1. The van der Waals surface area contributed by atoms with Gasteiger partial charge in [0.15, 0.2) is 5.96 Å². The summed E-state index contributed by atoms with van der Waals surface area (Å²) in [5.74, 6) is 0.845. The normalized spacial score (nSPS) is 11.3. The second-order valence-electron chi connectivity index (χ2n) is 6.14. The molecule has 0 saturated carbocycles. The van der Waals surface area contributed by atoms with Crippen LogP contribution in [-0.2, 0) is 19.3 Å². The van der Waals surface area contributed by atoms with E-state index in [0.717, 1.165) is 38.3 Å². The first-order valence-corrected chi connectivity index (χ1v) is 9.96. The molecule has 1 aromatic heterocycles. The number of nitrogens with zero attached hydrogens (tertiary/aromatic N) is 2. The number of halogens is 1. The number of hydrogen-bond donors (Lipinski definition) is 2. The molecule has 2 N–H and O–H groups in total. The first-order chi connectivity index (χ1) is 12.8. The van der Waals surface area contributed by atoms with Gasteiger partial charge in [-0.15, -0.1) is 35.3 Å². The molecule has 3 aromatic rings. The number of rotatable bonds is 7. The van der Waals surface area contributed by atoms with Gasteiger partial charge in [0.05, 0.1) is 5.01 Å². The third kappa shape index (κ3) is 6.17. The quantitative estimate of drug-likeness (QED) is 0.290. The molecule has 0 bridgehead atoms. The smallest absolute Gasteiger partial charge is 0.191 e. The molecule has 0 unspecified atom stereocenters. The topological polar surface area (TPSA) is 49.3 Å². The van der Waals surface area contributed by atoms with Gasteiger partial charge in [-0.2, -0.15) is 0 Å². The summed E-state index contributed by atoms with van der Waals surface area (Å²) in [6.45, 7) is 3.85. The molecule has 0 aliphatic carbocycles. The average Bonchev–Trinajstić information content (AvgIpc) is 3.15. The van der Waals surface area contributed by atoms with Crippen LogP contribution in [0.2, 0.25) is 0 Å². The molecule has 0 amide bonds. The molecule has 0 saturated heterocycles. The maximum atomic E-state index is 4.46. The summed E-state index contributed by atoms with van der Waals surface area (Å²) >= 11 is 1.80. The minimum absolute atomic E-state index is 0. The Balaban J connectivity index is 0.00000261. The summed E-state index contributed by atoms with van der Waals surface area (Å²) in [7, 11) is 1.81. The van der Waals surface area contributed by atoms with Crippen LogP contribution >= 0.6 is 35.3 Å². The summed E-state index contributed by atoms with van der Waals surface area (Å²) in [5, 5.41) is 10.6. The van der Waals surface area contributed by atoms with E-state index in [4.69, 9.17) is 0 Å². The molecular formula is C21H27IN4S. The lowest BCUT2D eigenvalue weighted by Gasteiger charge is -2.12. The van der Waals surface area contributed by atoms with Crippen molar-refractivity contribution in [3.05, 3.63) is 64.1 Å². The van der Waals surface area contributed by atoms with E-state index < -0.39 is 0 Å². The highest BCUT2D eigenvalue weighted by atomic mass is 127. The molecular weight excluding hydrogens is 467 g/mol. The van der Waals surface area contributed by atoms with Gasteiger partial charge in [-0.3, -0.25) is 4.99 Å². The Kier molecular flexibility index (Phi) is 9.00. The summed E-state index contributed by atoms with van der Waals surface area (Å²) in [4.78, 5) is 10.1. The third-order valence-corrected chi connectivity index (χ3v) is 5.57. The summed E-state index contributed by atoms with van der Waals surface area (Å²) in [6.07, 6.45) is 4.93. The van der Waals surface area contributed by atoms with E-state index in [2.05, 4.69) is 70.0 Å². The Morgan fingerprint density at radius 2 is 1.78 bits per heavy atom. The largest absolute Gasteiger partial charge is 0.356 e. The molecule has 0 fully saturated rings. The van der Waals surface area contributed by atoms with Gasteiger partial charge in [-0.1, -0.05) is 49.4 Å². The molecule has 0 atom stereocenters. The van der Waals surface area contributed by atoms with Crippen molar-refractivity contribution in [2.45, 2.75) is 26.2 Å². The van der Waals surface area contributed by atoms with Crippen molar-refractivity contribution >= 4 is 52.0 Å². The van der Waals surface area contributed by atoms with Gasteiger partial charge in [0.1, 0.15) is 0 Å². The van der Waals surface area contributed by atoms with E-state index in [1.165, 1.54) is 26.2 Å². The number of nitrogens with one attached hydrogen (secondary N) is 2. The van der Waals surface area contributed by atoms with E-state index in [9.17, 15) is 0 Å². The maximum absolute atomic E-state index is 4.46. The zero-order valence-corrected chi connectivity index (χ0v) is 19.0. The van der Waals surface area contributed by atoms with E-state index in [1.807, 2.05) is 13.2 Å². The van der Waals surface area contributed by atoms with E-state index >= 15 is 0 Å². The Bertz CT molecular complexity index is 870. The summed E-state index contributed by atoms with van der Waals surface area (Å²) in [5.41, 5.74) is 1.36. The monoisotopic (exact) mass is 494 g/mol. The second kappa shape index (κ2) is 11.2. The number of aryl methyl sites for hydroxylation is 1. The first kappa shape index (κ1) is 21.6. The van der Waals surface area contributed by atoms with Crippen LogP contribution in [-0.4, -0.2) is 31.1 Å². The lowest BCUT2D eigenvalue weighted by Crippen LogP contribution is -2.39. The Morgan fingerprint density at radius 1 is 1.04 bits per heavy atom. The fourth-order valence-corrected chi connectivity index (χ4v) is 3.82. The van der Waals surface area contributed by atoms with Crippen molar-refractivity contribution in [1.82, 2.24) is 15.6 Å². The SMILES string of the molecule is CCc1cnc(CCNC(=NC)NCCc2cccc3ccccc23)s1.I. The van der Waals surface area contributed by atoms with Gasteiger partial charge in [0.2, 0.25) is 0 Å². The zero-order valence-electron chi connectivity index (χ0n) is 15.9. The highest BCUT2D eigenvalue weighted by molar-refractivity contribution is 14.0. The van der Waals surface area contributed by atoms with Gasteiger partial charge in [-0.25, -0.2) is 4.98 Å². The third-order valence-electron chi connectivity index (χ3n) is 4.37. The molecule has 0 aliphatic heterocycles. The Hall–Kier alpha value is -1.67. The molecule has 0 spiro atoms. The molecule has 144 valence electrons. The average molecular weight is 494 g/mol. The minimum Gasteiger partial charge on any atom is -0.356 e. The van der Waals surface area contributed by atoms with Crippen LogP contribution in [0.15, 0.2) is 53.7 Å². The molecule has 0 aliphatic rings. The van der Waals surface area contributed by atoms with Gasteiger partial charge >= 0.3 is 0 Å². The minimum atomic E-state index is 0. The van der Waals surface area contributed by atoms with Crippen molar-refractivity contribution < 1.29 is 0 Å². The molecule has 3 rings (SSSR count). The highest BCUT2D eigenvalue weighted by Crippen LogP contribution is 2.18. The van der Waals surface area contributed by atoms with Crippen molar-refractivity contribution in [1.29, 1.82) is 0 Å². The van der Waals surface area contributed by atoms with Crippen molar-refractivity contribution in [2.75, 3.05) is 20.1 Å². The Morgan fingerprint density at radius 3 is 2.52 bits per heavy atom. The molecule has 1 heterocycles. The molecule has 6 heteroatoms. The standard InChI is InChI=1S/C21H26N4S.HI/c1-3-18-15-25-20(26-18)12-14-24-21(22-2)23-13-11-17-9-6-8-16-7-4-5-10-19(16)17;/h4-10,15H,3,11-14H2,1-2H3,(H2,22,23,24);1H. The lowest BCUT2D eigenvalue weighted by atomic mass is 10.0. The van der Waals surface area contributed by atoms with Crippen molar-refractivity contribution in [2.24, 2.45) is 4.99 Å². The number of aliphatic imine (C=N–C) groups is 1. The molecule has 2 aromatic carbocycles. The van der Waals surface area contributed by atoms with Crippen LogP contribution in [0.25, 0.3) is 10.8 Å². The summed E-state index contributed by atoms with van der Waals surface area (Å²) < 4.78 is 0. The van der Waals surface area contributed by atoms with Gasteiger partial charge in [0, 0.05) is 37.6 Å². The van der Waals surface area contributed by atoms with Gasteiger partial charge in [0.25, 0.3) is 0 Å². The highest BCUT2D eigenvalue weighted by Gasteiger charge is 2.03. The fraction of sp³-hybridized carbons (Fsp3) is 0.333. The maximum Gasteiger partial charge on any atom is 0.191 e.